The molecule has 2 N–H and O–H groups in total. The van der Waals surface area contributed by atoms with Crippen molar-refractivity contribution < 1.29 is 14.3 Å². The van der Waals surface area contributed by atoms with Crippen molar-refractivity contribution in [3.8, 4) is 0 Å². The first kappa shape index (κ1) is 19.8. The minimum Gasteiger partial charge on any atom is -0.376 e. The summed E-state index contributed by atoms with van der Waals surface area (Å²) >= 11 is 0. The van der Waals surface area contributed by atoms with Gasteiger partial charge in [0, 0.05) is 38.7 Å². The monoisotopic (exact) mass is 378 g/mol. The van der Waals surface area contributed by atoms with E-state index in [1.54, 1.807) is 0 Å². The average Bonchev–Trinajstić information content (AvgIpc) is 3.22. The molecule has 1 aliphatic heterocycles. The first-order valence-corrected chi connectivity index (χ1v) is 9.84. The van der Waals surface area contributed by atoms with Crippen molar-refractivity contribution in [2.45, 2.75) is 44.8 Å². The molecule has 2 amide bonds. The highest BCUT2D eigenvalue weighted by Gasteiger charge is 2.37. The molecule has 2 fully saturated rings. The van der Waals surface area contributed by atoms with Crippen molar-refractivity contribution in [1.82, 2.24) is 30.5 Å². The van der Waals surface area contributed by atoms with E-state index < -0.39 is 0 Å². The van der Waals surface area contributed by atoms with Gasteiger partial charge in [0.25, 0.3) is 5.91 Å². The molecule has 9 heteroatoms. The molecule has 150 valence electrons. The number of amides is 2. The van der Waals surface area contributed by atoms with Gasteiger partial charge in [-0.1, -0.05) is 6.92 Å². The van der Waals surface area contributed by atoms with Crippen LogP contribution in [-0.4, -0.2) is 89.0 Å². The van der Waals surface area contributed by atoms with Crippen molar-refractivity contribution in [2.24, 2.45) is 5.92 Å². The number of aromatic amines is 1. The number of carbonyl (C=O) groups is 2. The number of piperazine rings is 1. The van der Waals surface area contributed by atoms with Gasteiger partial charge in [-0.15, -0.1) is 0 Å². The Morgan fingerprint density at radius 2 is 2.07 bits per heavy atom. The van der Waals surface area contributed by atoms with Crippen molar-refractivity contribution in [1.29, 1.82) is 0 Å². The minimum absolute atomic E-state index is 0.0718. The highest BCUT2D eigenvalue weighted by atomic mass is 16.5. The number of carbonyl (C=O) groups excluding carboxylic acids is 2. The summed E-state index contributed by atoms with van der Waals surface area (Å²) in [7, 11) is 2.08. The average molecular weight is 378 g/mol. The van der Waals surface area contributed by atoms with E-state index in [0.29, 0.717) is 13.0 Å². The number of nitrogens with one attached hydrogen (secondary N) is 2. The molecule has 2 heterocycles. The summed E-state index contributed by atoms with van der Waals surface area (Å²) in [6.07, 6.45) is 4.42. The van der Waals surface area contributed by atoms with Crippen LogP contribution in [0.15, 0.2) is 6.20 Å². The number of H-pyrrole nitrogens is 1. The van der Waals surface area contributed by atoms with E-state index in [0.717, 1.165) is 45.4 Å². The Bertz CT molecular complexity index is 615. The van der Waals surface area contributed by atoms with Crippen LogP contribution in [0.25, 0.3) is 0 Å². The molecule has 1 saturated carbocycles. The third kappa shape index (κ3) is 5.04. The standard InChI is InChI=1S/C18H30N6O3/c1-3-10-27-16-5-4-13(18(26)24-8-6-23(2)7-9-24)11-14(16)20-17(25)15-12-19-22-21-15/h12-14,16H,3-11H2,1-2H3,(H,20,25)(H,19,21,22)/t13-,14+,16+/m0/s1. The zero-order valence-electron chi connectivity index (χ0n) is 16.2. The molecule has 0 aromatic carbocycles. The van der Waals surface area contributed by atoms with Crippen LogP contribution in [0, 0.1) is 5.92 Å². The second kappa shape index (κ2) is 9.27. The largest absolute Gasteiger partial charge is 0.376 e. The predicted octanol–water partition coefficient (Wildman–Crippen LogP) is 0.272. The summed E-state index contributed by atoms with van der Waals surface area (Å²) in [5.41, 5.74) is 0.247. The fourth-order valence-electron chi connectivity index (χ4n) is 3.83. The quantitative estimate of drug-likeness (QED) is 0.737. The summed E-state index contributed by atoms with van der Waals surface area (Å²) < 4.78 is 5.96. The molecule has 0 radical (unpaired) electrons. The summed E-state index contributed by atoms with van der Waals surface area (Å²) in [6, 6.07) is -0.198. The molecule has 3 atom stereocenters. The highest BCUT2D eigenvalue weighted by molar-refractivity contribution is 5.92. The second-order valence-corrected chi connectivity index (χ2v) is 7.48. The maximum Gasteiger partial charge on any atom is 0.273 e. The van der Waals surface area contributed by atoms with Gasteiger partial charge >= 0.3 is 0 Å². The number of rotatable bonds is 6. The van der Waals surface area contributed by atoms with E-state index in [9.17, 15) is 9.59 Å². The normalized spacial score (nSPS) is 26.7. The number of ether oxygens (including phenoxy) is 1. The molecule has 1 aliphatic carbocycles. The van der Waals surface area contributed by atoms with Gasteiger partial charge < -0.3 is 19.9 Å². The molecule has 0 bridgehead atoms. The lowest BCUT2D eigenvalue weighted by molar-refractivity contribution is -0.139. The fraction of sp³-hybridized carbons (Fsp3) is 0.778. The minimum atomic E-state index is -0.286. The summed E-state index contributed by atoms with van der Waals surface area (Å²) in [4.78, 5) is 29.6. The van der Waals surface area contributed by atoms with Gasteiger partial charge in [0.2, 0.25) is 5.91 Å². The van der Waals surface area contributed by atoms with Crippen LogP contribution >= 0.6 is 0 Å². The number of aromatic nitrogens is 3. The maximum atomic E-state index is 13.0. The van der Waals surface area contributed by atoms with Crippen LogP contribution in [0.1, 0.15) is 43.1 Å². The van der Waals surface area contributed by atoms with Gasteiger partial charge in [-0.3, -0.25) is 9.59 Å². The molecule has 9 nitrogen and oxygen atoms in total. The van der Waals surface area contributed by atoms with Crippen LogP contribution in [0.3, 0.4) is 0 Å². The smallest absolute Gasteiger partial charge is 0.273 e. The first-order chi connectivity index (χ1) is 13.1. The van der Waals surface area contributed by atoms with E-state index in [-0.39, 0.29) is 35.6 Å². The molecule has 27 heavy (non-hydrogen) atoms. The van der Waals surface area contributed by atoms with E-state index in [2.05, 4.69) is 39.6 Å². The molecule has 3 rings (SSSR count). The van der Waals surface area contributed by atoms with Gasteiger partial charge in [0.1, 0.15) is 0 Å². The Kier molecular flexibility index (Phi) is 6.78. The van der Waals surface area contributed by atoms with E-state index >= 15 is 0 Å². The number of likely N-dealkylation sites (N-methyl/N-ethyl adjacent to an activating group) is 1. The third-order valence-electron chi connectivity index (χ3n) is 5.45. The number of nitrogens with zero attached hydrogens (tertiary/aromatic N) is 4. The SMILES string of the molecule is CCCO[C@@H]1CC[C@H](C(=O)N2CCN(C)CC2)C[C@H]1NC(=O)c1cn[nH]n1. The molecule has 0 unspecified atom stereocenters. The van der Waals surface area contributed by atoms with E-state index in [1.807, 2.05) is 4.90 Å². The van der Waals surface area contributed by atoms with Crippen molar-refractivity contribution in [3.05, 3.63) is 11.9 Å². The molecule has 2 aliphatic rings. The van der Waals surface area contributed by atoms with Gasteiger partial charge in [-0.05, 0) is 32.7 Å². The van der Waals surface area contributed by atoms with Gasteiger partial charge in [-0.2, -0.15) is 15.4 Å². The molecular formula is C18H30N6O3. The lowest BCUT2D eigenvalue weighted by Crippen LogP contribution is -2.53. The second-order valence-electron chi connectivity index (χ2n) is 7.48. The van der Waals surface area contributed by atoms with Gasteiger partial charge in [0.15, 0.2) is 5.69 Å². The van der Waals surface area contributed by atoms with Crippen LogP contribution in [-0.2, 0) is 9.53 Å². The lowest BCUT2D eigenvalue weighted by Gasteiger charge is -2.39. The summed E-state index contributed by atoms with van der Waals surface area (Å²) in [5, 5.41) is 13.0. The Balaban J connectivity index is 1.63. The molecule has 1 saturated heterocycles. The zero-order chi connectivity index (χ0) is 19.2. The summed E-state index contributed by atoms with van der Waals surface area (Å²) in [6.45, 7) is 6.08. The van der Waals surface area contributed by atoms with E-state index in [1.165, 1.54) is 6.20 Å². The lowest BCUT2D eigenvalue weighted by atomic mass is 9.82. The Hall–Kier alpha value is -2.00. The van der Waals surface area contributed by atoms with Crippen LogP contribution in [0.2, 0.25) is 0 Å². The van der Waals surface area contributed by atoms with Crippen molar-refractivity contribution >= 4 is 11.8 Å². The van der Waals surface area contributed by atoms with Crippen LogP contribution in [0.4, 0.5) is 0 Å². The molecule has 1 aromatic heterocycles. The maximum absolute atomic E-state index is 13.0. The fourth-order valence-corrected chi connectivity index (χ4v) is 3.83. The number of hydrogen-bond acceptors (Lipinski definition) is 6. The summed E-state index contributed by atoms with van der Waals surface area (Å²) in [5.74, 6) is -0.151. The predicted molar refractivity (Wildman–Crippen MR) is 99.1 cm³/mol. The van der Waals surface area contributed by atoms with Crippen LogP contribution in [0.5, 0.6) is 0 Å². The number of hydrogen-bond donors (Lipinski definition) is 2. The van der Waals surface area contributed by atoms with E-state index in [4.69, 9.17) is 4.74 Å². The Morgan fingerprint density at radius 1 is 1.30 bits per heavy atom. The molecule has 0 spiro atoms. The van der Waals surface area contributed by atoms with Crippen molar-refractivity contribution in [2.75, 3.05) is 39.8 Å². The Morgan fingerprint density at radius 3 is 2.74 bits per heavy atom. The highest BCUT2D eigenvalue weighted by Crippen LogP contribution is 2.29. The molecule has 1 aromatic rings. The van der Waals surface area contributed by atoms with Gasteiger partial charge in [-0.25, -0.2) is 0 Å². The Labute approximate surface area is 159 Å². The topological polar surface area (TPSA) is 103 Å². The zero-order valence-corrected chi connectivity index (χ0v) is 16.2. The van der Waals surface area contributed by atoms with Gasteiger partial charge in [0.05, 0.1) is 18.3 Å². The van der Waals surface area contributed by atoms with Crippen LogP contribution < -0.4 is 5.32 Å². The van der Waals surface area contributed by atoms with Crippen molar-refractivity contribution in [3.63, 3.8) is 0 Å². The first-order valence-electron chi connectivity index (χ1n) is 9.84. The third-order valence-corrected chi connectivity index (χ3v) is 5.45. The molecular weight excluding hydrogens is 348 g/mol.